The number of carbonyl (C=O) groups excluding carboxylic acids is 1. The first kappa shape index (κ1) is 23.7. The van der Waals surface area contributed by atoms with Gasteiger partial charge in [-0.3, -0.25) is 24.1 Å². The van der Waals surface area contributed by atoms with Gasteiger partial charge in [0.05, 0.1) is 18.4 Å². The van der Waals surface area contributed by atoms with Crippen LogP contribution in [0.4, 0.5) is 0 Å². The fourth-order valence-electron chi connectivity index (χ4n) is 4.31. The lowest BCUT2D eigenvalue weighted by Gasteiger charge is -2.14. The molecule has 0 saturated carbocycles. The Morgan fingerprint density at radius 2 is 1.75 bits per heavy atom. The molecule has 7 heteroatoms. The normalized spacial score (nSPS) is 11.1. The van der Waals surface area contributed by atoms with Gasteiger partial charge in [0.1, 0.15) is 5.69 Å². The molecule has 0 unspecified atom stereocenters. The quantitative estimate of drug-likeness (QED) is 0.295. The van der Waals surface area contributed by atoms with Crippen LogP contribution in [0.2, 0.25) is 5.02 Å². The molecular weight excluding hydrogens is 472 g/mol. The van der Waals surface area contributed by atoms with Crippen molar-refractivity contribution in [2.24, 2.45) is 0 Å². The second-order valence-corrected chi connectivity index (χ2v) is 9.21. The molecule has 0 atom stereocenters. The number of halogens is 1. The number of hydrogen-bond donors (Lipinski definition) is 1. The van der Waals surface area contributed by atoms with E-state index >= 15 is 0 Å². The Bertz CT molecular complexity index is 1520. The minimum absolute atomic E-state index is 0.00130. The summed E-state index contributed by atoms with van der Waals surface area (Å²) in [5, 5.41) is 1.69. The molecule has 0 aliphatic heterocycles. The second-order valence-electron chi connectivity index (χ2n) is 8.77. The lowest BCUT2D eigenvalue weighted by Crippen LogP contribution is -2.30. The van der Waals surface area contributed by atoms with Crippen molar-refractivity contribution in [3.05, 3.63) is 118 Å². The fourth-order valence-corrected chi connectivity index (χ4v) is 4.43. The molecular formula is C29H25ClN4O2. The highest BCUT2D eigenvalue weighted by Gasteiger charge is 2.15. The summed E-state index contributed by atoms with van der Waals surface area (Å²) in [5.41, 5.74) is 4.75. The number of nitrogens with zero attached hydrogens (tertiary/aromatic N) is 3. The molecule has 0 bridgehead atoms. The Hall–Kier alpha value is -4.03. The van der Waals surface area contributed by atoms with E-state index in [0.29, 0.717) is 42.1 Å². The van der Waals surface area contributed by atoms with E-state index in [4.69, 9.17) is 11.6 Å². The average molecular weight is 497 g/mol. The van der Waals surface area contributed by atoms with Gasteiger partial charge in [-0.25, -0.2) is 0 Å². The maximum atomic E-state index is 13.5. The van der Waals surface area contributed by atoms with Gasteiger partial charge < -0.3 is 4.98 Å². The van der Waals surface area contributed by atoms with Gasteiger partial charge >= 0.3 is 0 Å². The number of pyridine rings is 1. The van der Waals surface area contributed by atoms with Crippen molar-refractivity contribution >= 4 is 28.3 Å². The summed E-state index contributed by atoms with van der Waals surface area (Å²) in [4.78, 5) is 38.5. The number of aromatic nitrogens is 4. The number of fused-ring (bicyclic) bond motifs is 1. The molecule has 2 aromatic carbocycles. The van der Waals surface area contributed by atoms with Crippen molar-refractivity contribution in [3.63, 3.8) is 0 Å². The van der Waals surface area contributed by atoms with Crippen LogP contribution in [0.5, 0.6) is 0 Å². The van der Waals surface area contributed by atoms with Crippen molar-refractivity contribution < 1.29 is 4.79 Å². The van der Waals surface area contributed by atoms with Crippen molar-refractivity contribution in [3.8, 4) is 11.3 Å². The Morgan fingerprint density at radius 3 is 2.53 bits per heavy atom. The van der Waals surface area contributed by atoms with Crippen LogP contribution >= 0.6 is 11.6 Å². The number of ketones is 1. The Kier molecular flexibility index (Phi) is 7.05. The van der Waals surface area contributed by atoms with Crippen LogP contribution in [0.25, 0.3) is 22.2 Å². The van der Waals surface area contributed by atoms with Gasteiger partial charge in [-0.15, -0.1) is 0 Å². The third-order valence-corrected chi connectivity index (χ3v) is 6.50. The van der Waals surface area contributed by atoms with Gasteiger partial charge in [0.15, 0.2) is 5.78 Å². The molecule has 180 valence electrons. The standard InChI is InChI=1S/C29H25ClN4O2/c30-23-9-6-20(7-10-23)8-13-27-29(36)34(28(18-32-27)21-4-2-1-3-5-21)19-25(35)12-11-24-16-22-17-31-15-14-26(22)33-24/h1-7,9-10,14-18,33H,8,11-13,19H2. The van der Waals surface area contributed by atoms with Gasteiger partial charge in [-0.1, -0.05) is 54.1 Å². The number of aryl methyl sites for hydroxylation is 3. The van der Waals surface area contributed by atoms with Crippen LogP contribution < -0.4 is 5.56 Å². The highest BCUT2D eigenvalue weighted by atomic mass is 35.5. The zero-order valence-electron chi connectivity index (χ0n) is 19.7. The number of Topliss-reactive ketones (excluding diaryl/α,β-unsaturated/α-hetero) is 1. The van der Waals surface area contributed by atoms with Gasteiger partial charge in [0.2, 0.25) is 0 Å². The van der Waals surface area contributed by atoms with Crippen molar-refractivity contribution in [2.75, 3.05) is 0 Å². The number of benzene rings is 2. The lowest BCUT2D eigenvalue weighted by atomic mass is 10.1. The van der Waals surface area contributed by atoms with Crippen LogP contribution in [0, 0.1) is 0 Å². The second kappa shape index (κ2) is 10.7. The number of rotatable bonds is 9. The van der Waals surface area contributed by atoms with E-state index in [2.05, 4.69) is 15.0 Å². The first-order chi connectivity index (χ1) is 17.6. The van der Waals surface area contributed by atoms with Crippen LogP contribution in [0.1, 0.15) is 23.4 Å². The molecule has 3 aromatic heterocycles. The molecule has 0 fully saturated rings. The molecule has 0 saturated heterocycles. The molecule has 6 nitrogen and oxygen atoms in total. The number of aromatic amines is 1. The maximum absolute atomic E-state index is 13.5. The highest BCUT2D eigenvalue weighted by molar-refractivity contribution is 6.30. The summed E-state index contributed by atoms with van der Waals surface area (Å²) in [6.45, 7) is 0.00130. The smallest absolute Gasteiger partial charge is 0.273 e. The van der Waals surface area contributed by atoms with E-state index in [0.717, 1.165) is 27.7 Å². The largest absolute Gasteiger partial charge is 0.358 e. The Labute approximate surface area is 213 Å². The van der Waals surface area contributed by atoms with E-state index in [9.17, 15) is 9.59 Å². The molecule has 5 aromatic rings. The van der Waals surface area contributed by atoms with Crippen molar-refractivity contribution in [2.45, 2.75) is 32.2 Å². The van der Waals surface area contributed by atoms with Gasteiger partial charge in [-0.2, -0.15) is 0 Å². The van der Waals surface area contributed by atoms with E-state index in [1.165, 1.54) is 0 Å². The fraction of sp³-hybridized carbons (Fsp3) is 0.172. The van der Waals surface area contributed by atoms with E-state index in [1.54, 1.807) is 23.2 Å². The topological polar surface area (TPSA) is 80.6 Å². The average Bonchev–Trinajstić information content (AvgIpc) is 3.32. The minimum atomic E-state index is -0.227. The van der Waals surface area contributed by atoms with Crippen molar-refractivity contribution in [1.82, 2.24) is 19.5 Å². The molecule has 0 radical (unpaired) electrons. The molecule has 0 amide bonds. The monoisotopic (exact) mass is 496 g/mol. The minimum Gasteiger partial charge on any atom is -0.358 e. The van der Waals surface area contributed by atoms with Crippen LogP contribution in [-0.2, 0) is 30.6 Å². The van der Waals surface area contributed by atoms with Crippen LogP contribution in [0.3, 0.4) is 0 Å². The molecule has 0 aliphatic carbocycles. The molecule has 36 heavy (non-hydrogen) atoms. The predicted octanol–water partition coefficient (Wildman–Crippen LogP) is 5.43. The SMILES string of the molecule is O=C(CCc1cc2cnccc2[nH]1)Cn1c(-c2ccccc2)cnc(CCc2ccc(Cl)cc2)c1=O. The van der Waals surface area contributed by atoms with Gasteiger partial charge in [-0.05, 0) is 54.7 Å². The molecule has 5 rings (SSSR count). The number of nitrogens with one attached hydrogen (secondary N) is 1. The third-order valence-electron chi connectivity index (χ3n) is 6.24. The summed E-state index contributed by atoms with van der Waals surface area (Å²) in [7, 11) is 0. The van der Waals surface area contributed by atoms with E-state index in [1.807, 2.05) is 66.7 Å². The van der Waals surface area contributed by atoms with E-state index in [-0.39, 0.29) is 17.9 Å². The molecule has 0 spiro atoms. The summed E-state index contributed by atoms with van der Waals surface area (Å²) in [6, 6.07) is 21.1. The van der Waals surface area contributed by atoms with Crippen LogP contribution in [0.15, 0.2) is 90.1 Å². The molecule has 1 N–H and O–H groups in total. The Morgan fingerprint density at radius 1 is 0.944 bits per heavy atom. The highest BCUT2D eigenvalue weighted by Crippen LogP contribution is 2.19. The van der Waals surface area contributed by atoms with Gasteiger partial charge in [0, 0.05) is 40.4 Å². The zero-order valence-corrected chi connectivity index (χ0v) is 20.4. The third kappa shape index (κ3) is 5.44. The summed E-state index contributed by atoms with van der Waals surface area (Å²) in [5.74, 6) is -0.0130. The zero-order chi connectivity index (χ0) is 24.9. The first-order valence-electron chi connectivity index (χ1n) is 11.9. The molecule has 0 aliphatic rings. The number of H-pyrrole nitrogens is 1. The summed E-state index contributed by atoms with van der Waals surface area (Å²) >= 11 is 5.98. The Balaban J connectivity index is 1.36. The summed E-state index contributed by atoms with van der Waals surface area (Å²) in [6.07, 6.45) is 7.26. The van der Waals surface area contributed by atoms with Gasteiger partial charge in [0.25, 0.3) is 5.56 Å². The maximum Gasteiger partial charge on any atom is 0.273 e. The predicted molar refractivity (Wildman–Crippen MR) is 142 cm³/mol. The first-order valence-corrected chi connectivity index (χ1v) is 12.3. The number of carbonyl (C=O) groups is 1. The summed E-state index contributed by atoms with van der Waals surface area (Å²) < 4.78 is 1.57. The molecule has 3 heterocycles. The van der Waals surface area contributed by atoms with Crippen LogP contribution in [-0.4, -0.2) is 25.3 Å². The lowest BCUT2D eigenvalue weighted by molar-refractivity contribution is -0.119. The number of hydrogen-bond acceptors (Lipinski definition) is 4. The van der Waals surface area contributed by atoms with E-state index < -0.39 is 0 Å². The van der Waals surface area contributed by atoms with Crippen molar-refractivity contribution in [1.29, 1.82) is 0 Å².